The summed E-state index contributed by atoms with van der Waals surface area (Å²) in [5.41, 5.74) is 0. The van der Waals surface area contributed by atoms with Crippen molar-refractivity contribution in [1.29, 1.82) is 0 Å². The molecule has 1 atom stereocenters. The summed E-state index contributed by atoms with van der Waals surface area (Å²) in [6.07, 6.45) is 6.72. The molecular formula is C13H26N2O2+2. The Hall–Kier alpha value is -0.900. The Morgan fingerprint density at radius 1 is 1.35 bits per heavy atom. The highest BCUT2D eigenvalue weighted by Gasteiger charge is 2.41. The van der Waals surface area contributed by atoms with Crippen LogP contribution in [0.1, 0.15) is 46.5 Å². The van der Waals surface area contributed by atoms with Crippen molar-refractivity contribution < 1.29 is 18.9 Å². The second-order valence-electron chi connectivity index (χ2n) is 4.84. The number of rotatable bonds is 7. The fourth-order valence-electron chi connectivity index (χ4n) is 2.21. The van der Waals surface area contributed by atoms with Crippen molar-refractivity contribution in [1.82, 2.24) is 0 Å². The lowest BCUT2D eigenvalue weighted by Gasteiger charge is -2.22. The van der Waals surface area contributed by atoms with Crippen LogP contribution >= 0.6 is 0 Å². The van der Waals surface area contributed by atoms with Gasteiger partial charge in [0, 0.05) is 19.8 Å². The molecule has 0 aromatic rings. The first-order chi connectivity index (χ1) is 8.12. The zero-order chi connectivity index (χ0) is 12.7. The minimum absolute atomic E-state index is 0.185. The maximum Gasteiger partial charge on any atom is 0.369 e. The minimum Gasteiger partial charge on any atom is -0.267 e. The topological polar surface area (TPSA) is 29.3 Å². The Morgan fingerprint density at radius 3 is 2.65 bits per heavy atom. The van der Waals surface area contributed by atoms with Gasteiger partial charge in [-0.3, -0.25) is 4.84 Å². The van der Waals surface area contributed by atoms with Crippen molar-refractivity contribution in [3.8, 4) is 0 Å². The van der Waals surface area contributed by atoms with Crippen LogP contribution in [0.25, 0.3) is 0 Å². The normalized spacial score (nSPS) is 23.6. The molecule has 0 amide bonds. The van der Waals surface area contributed by atoms with Crippen LogP contribution < -0.4 is 0 Å². The molecule has 0 fully saturated rings. The number of hydrogen-bond donors (Lipinski definition) is 0. The zero-order valence-electron chi connectivity index (χ0n) is 11.4. The third-order valence-electron chi connectivity index (χ3n) is 3.14. The van der Waals surface area contributed by atoms with Gasteiger partial charge in [-0.05, 0) is 4.65 Å². The number of quaternary nitrogens is 1. The first kappa shape index (κ1) is 14.2. The van der Waals surface area contributed by atoms with Crippen molar-refractivity contribution in [3.05, 3.63) is 0 Å². The summed E-state index contributed by atoms with van der Waals surface area (Å²) in [6, 6.07) is 0. The molecule has 1 heterocycles. The van der Waals surface area contributed by atoms with E-state index in [4.69, 9.17) is 4.84 Å². The fourth-order valence-corrected chi connectivity index (χ4v) is 2.21. The van der Waals surface area contributed by atoms with Gasteiger partial charge in [-0.15, -0.1) is 0 Å². The van der Waals surface area contributed by atoms with E-state index >= 15 is 0 Å². The lowest BCUT2D eigenvalue weighted by Crippen LogP contribution is -2.47. The second kappa shape index (κ2) is 6.74. The maximum absolute atomic E-state index is 11.2. The molecule has 0 aromatic carbocycles. The van der Waals surface area contributed by atoms with Gasteiger partial charge in [-0.1, -0.05) is 26.7 Å². The molecule has 98 valence electrons. The summed E-state index contributed by atoms with van der Waals surface area (Å²) in [7, 11) is 0. The van der Waals surface area contributed by atoms with E-state index < -0.39 is 0 Å². The molecule has 0 aromatic heterocycles. The number of hydroxylamine groups is 3. The van der Waals surface area contributed by atoms with Crippen LogP contribution in [-0.2, 0) is 9.63 Å². The van der Waals surface area contributed by atoms with Gasteiger partial charge in [0.2, 0.25) is 6.54 Å². The molecule has 1 aliphatic rings. The number of carbonyl (C=O) groups excluding carboxylic acids is 1. The maximum atomic E-state index is 11.2. The van der Waals surface area contributed by atoms with Crippen LogP contribution in [-0.4, -0.2) is 47.7 Å². The van der Waals surface area contributed by atoms with Crippen LogP contribution in [0.2, 0.25) is 0 Å². The lowest BCUT2D eigenvalue weighted by molar-refractivity contribution is -1.01. The van der Waals surface area contributed by atoms with Gasteiger partial charge in [0.1, 0.15) is 13.1 Å². The summed E-state index contributed by atoms with van der Waals surface area (Å²) < 4.78 is 2.69. The summed E-state index contributed by atoms with van der Waals surface area (Å²) in [6.45, 7) is 9.72. The van der Waals surface area contributed by atoms with Crippen molar-refractivity contribution in [2.75, 3.05) is 26.2 Å². The molecule has 0 N–H and O–H groups in total. The summed E-state index contributed by atoms with van der Waals surface area (Å²) >= 11 is 0. The Balaban J connectivity index is 2.64. The summed E-state index contributed by atoms with van der Waals surface area (Å²) in [5.74, 6) is -0.185. The average Bonchev–Trinajstić information content (AvgIpc) is 2.67. The quantitative estimate of drug-likeness (QED) is 0.504. The van der Waals surface area contributed by atoms with Crippen molar-refractivity contribution in [3.63, 3.8) is 0 Å². The van der Waals surface area contributed by atoms with E-state index in [2.05, 4.69) is 24.8 Å². The molecule has 1 aliphatic heterocycles. The molecule has 0 saturated heterocycles. The van der Waals surface area contributed by atoms with Crippen LogP contribution in [0.5, 0.6) is 0 Å². The van der Waals surface area contributed by atoms with E-state index in [1.807, 2.05) is 0 Å². The number of nitrogens with zero attached hydrogens (tertiary/aromatic N) is 2. The van der Waals surface area contributed by atoms with Crippen LogP contribution in [0, 0.1) is 0 Å². The standard InChI is InChI=1S/C13H26N2O2/c1-4-6-8-14-9-11-15(12-14,10-7-5-2)17-13(3)16/h12H,4-11H2,1-3H3/q+2. The smallest absolute Gasteiger partial charge is 0.267 e. The molecule has 1 unspecified atom stereocenters. The van der Waals surface area contributed by atoms with E-state index in [0.29, 0.717) is 4.65 Å². The first-order valence-corrected chi connectivity index (χ1v) is 6.79. The molecule has 17 heavy (non-hydrogen) atoms. The van der Waals surface area contributed by atoms with Gasteiger partial charge in [-0.2, -0.15) is 4.58 Å². The molecular weight excluding hydrogens is 216 g/mol. The van der Waals surface area contributed by atoms with Crippen LogP contribution in [0.4, 0.5) is 0 Å². The first-order valence-electron chi connectivity index (χ1n) is 6.79. The molecule has 4 heteroatoms. The fraction of sp³-hybridized carbons (Fsp3) is 0.846. The van der Waals surface area contributed by atoms with Gasteiger partial charge in [0.15, 0.2) is 6.54 Å². The largest absolute Gasteiger partial charge is 0.369 e. The van der Waals surface area contributed by atoms with Gasteiger partial charge in [-0.25, -0.2) is 4.79 Å². The Labute approximate surface area is 104 Å². The van der Waals surface area contributed by atoms with E-state index in [-0.39, 0.29) is 5.97 Å². The van der Waals surface area contributed by atoms with Gasteiger partial charge >= 0.3 is 12.3 Å². The molecule has 0 saturated carbocycles. The predicted octanol–water partition coefficient (Wildman–Crippen LogP) is 1.94. The van der Waals surface area contributed by atoms with Gasteiger partial charge in [0.05, 0.1) is 0 Å². The molecule has 0 spiro atoms. The predicted molar refractivity (Wildman–Crippen MR) is 67.6 cm³/mol. The minimum atomic E-state index is -0.185. The van der Waals surface area contributed by atoms with Gasteiger partial charge in [0.25, 0.3) is 0 Å². The molecule has 0 radical (unpaired) electrons. The van der Waals surface area contributed by atoms with Gasteiger partial charge < -0.3 is 0 Å². The number of unbranched alkanes of at least 4 members (excludes halogenated alkanes) is 2. The monoisotopic (exact) mass is 242 g/mol. The Bertz CT molecular complexity index is 289. The van der Waals surface area contributed by atoms with Crippen molar-refractivity contribution in [2.45, 2.75) is 46.5 Å². The van der Waals surface area contributed by atoms with E-state index in [1.165, 1.54) is 19.8 Å². The highest BCUT2D eigenvalue weighted by molar-refractivity contribution is 5.65. The van der Waals surface area contributed by atoms with E-state index in [1.54, 1.807) is 0 Å². The second-order valence-corrected chi connectivity index (χ2v) is 4.84. The lowest BCUT2D eigenvalue weighted by atomic mass is 10.3. The SMILES string of the molecule is CCCC[N+]1=C[N+](CCCC)(OC(C)=O)CC1. The molecule has 4 nitrogen and oxygen atoms in total. The van der Waals surface area contributed by atoms with Crippen molar-refractivity contribution in [2.24, 2.45) is 0 Å². The van der Waals surface area contributed by atoms with Crippen LogP contribution in [0.15, 0.2) is 0 Å². The van der Waals surface area contributed by atoms with Crippen molar-refractivity contribution >= 4 is 12.3 Å². The Kier molecular flexibility index (Phi) is 5.62. The molecule has 1 rings (SSSR count). The summed E-state index contributed by atoms with van der Waals surface area (Å²) in [4.78, 5) is 16.7. The highest BCUT2D eigenvalue weighted by atomic mass is 16.7. The van der Waals surface area contributed by atoms with Crippen LogP contribution in [0.3, 0.4) is 0 Å². The summed E-state index contributed by atoms with van der Waals surface area (Å²) in [5, 5.41) is 0. The number of hydrogen-bond acceptors (Lipinski definition) is 2. The zero-order valence-corrected chi connectivity index (χ0v) is 11.4. The highest BCUT2D eigenvalue weighted by Crippen LogP contribution is 2.13. The van der Waals surface area contributed by atoms with E-state index in [9.17, 15) is 4.79 Å². The number of carbonyl (C=O) groups is 1. The Morgan fingerprint density at radius 2 is 2.06 bits per heavy atom. The van der Waals surface area contributed by atoms with E-state index in [0.717, 1.165) is 39.0 Å². The molecule has 0 aliphatic carbocycles. The molecule has 0 bridgehead atoms. The third-order valence-corrected chi connectivity index (χ3v) is 3.14. The third kappa shape index (κ3) is 4.46. The average molecular weight is 242 g/mol.